The van der Waals surface area contributed by atoms with Crippen molar-refractivity contribution in [3.63, 3.8) is 0 Å². The van der Waals surface area contributed by atoms with Gasteiger partial charge in [-0.05, 0) is 24.3 Å². The van der Waals surface area contributed by atoms with Gasteiger partial charge in [-0.1, -0.05) is 12.1 Å². The van der Waals surface area contributed by atoms with Gasteiger partial charge in [-0.25, -0.2) is 13.1 Å². The molecule has 0 aliphatic carbocycles. The molecule has 0 saturated carbocycles. The van der Waals surface area contributed by atoms with Crippen LogP contribution in [-0.2, 0) is 16.6 Å². The molecule has 8 nitrogen and oxygen atoms in total. The Morgan fingerprint density at radius 3 is 2.58 bits per heavy atom. The summed E-state index contributed by atoms with van der Waals surface area (Å²) in [6, 6.07) is 6.45. The second kappa shape index (κ2) is 5.76. The molecule has 19 heavy (non-hydrogen) atoms. The zero-order valence-corrected chi connectivity index (χ0v) is 11.1. The van der Waals surface area contributed by atoms with Crippen molar-refractivity contribution in [3.8, 4) is 0 Å². The maximum Gasteiger partial charge on any atom is 0.240 e. The number of aromatic nitrogens is 4. The highest BCUT2D eigenvalue weighted by molar-refractivity contribution is 7.89. The summed E-state index contributed by atoms with van der Waals surface area (Å²) in [5, 5.41) is 16.4. The van der Waals surface area contributed by atoms with Crippen molar-refractivity contribution in [2.45, 2.75) is 18.4 Å². The summed E-state index contributed by atoms with van der Waals surface area (Å²) in [5.74, 6) is 0.532. The Morgan fingerprint density at radius 1 is 1.26 bits per heavy atom. The number of anilines is 1. The van der Waals surface area contributed by atoms with E-state index in [-0.39, 0.29) is 4.90 Å². The maximum absolute atomic E-state index is 11.7. The minimum absolute atomic E-state index is 0.236. The molecule has 0 amide bonds. The highest BCUT2D eigenvalue weighted by atomic mass is 32.2. The third-order valence-corrected chi connectivity index (χ3v) is 3.90. The second-order valence-electron chi connectivity index (χ2n) is 3.71. The molecule has 0 aliphatic heterocycles. The first-order valence-corrected chi connectivity index (χ1v) is 7.16. The quantitative estimate of drug-likeness (QED) is 0.693. The zero-order chi connectivity index (χ0) is 13.7. The molecule has 0 spiro atoms. The van der Waals surface area contributed by atoms with E-state index in [1.807, 2.05) is 0 Å². The minimum atomic E-state index is -3.40. The van der Waals surface area contributed by atoms with Gasteiger partial charge >= 0.3 is 0 Å². The van der Waals surface area contributed by atoms with Crippen LogP contribution in [0.5, 0.6) is 0 Å². The lowest BCUT2D eigenvalue weighted by Gasteiger charge is -2.06. The van der Waals surface area contributed by atoms with E-state index in [9.17, 15) is 8.42 Å². The molecular weight excluding hydrogens is 268 g/mol. The Kier molecular flexibility index (Phi) is 4.07. The Labute approximate surface area is 110 Å². The van der Waals surface area contributed by atoms with Crippen molar-refractivity contribution in [1.82, 2.24) is 25.3 Å². The highest BCUT2D eigenvalue weighted by Crippen LogP contribution is 2.14. The van der Waals surface area contributed by atoms with E-state index in [0.717, 1.165) is 5.69 Å². The maximum atomic E-state index is 11.7. The number of benzene rings is 1. The summed E-state index contributed by atoms with van der Waals surface area (Å²) in [7, 11) is -3.40. The summed E-state index contributed by atoms with van der Waals surface area (Å²) >= 11 is 0. The van der Waals surface area contributed by atoms with Gasteiger partial charge in [0.05, 0.1) is 11.4 Å². The van der Waals surface area contributed by atoms with Crippen LogP contribution in [0.1, 0.15) is 12.7 Å². The lowest BCUT2D eigenvalue weighted by atomic mass is 10.3. The average molecular weight is 282 g/mol. The van der Waals surface area contributed by atoms with Gasteiger partial charge in [-0.2, -0.15) is 5.21 Å². The number of tetrazole rings is 1. The smallest absolute Gasteiger partial charge is 0.240 e. The van der Waals surface area contributed by atoms with Gasteiger partial charge in [0.15, 0.2) is 5.82 Å². The molecule has 0 bridgehead atoms. The van der Waals surface area contributed by atoms with Gasteiger partial charge in [0.1, 0.15) is 0 Å². The lowest BCUT2D eigenvalue weighted by Crippen LogP contribution is -2.23. The number of aromatic amines is 1. The summed E-state index contributed by atoms with van der Waals surface area (Å²) in [5.41, 5.74) is 0.778. The fourth-order valence-corrected chi connectivity index (χ4v) is 2.50. The van der Waals surface area contributed by atoms with Gasteiger partial charge < -0.3 is 5.32 Å². The molecule has 102 valence electrons. The number of hydrogen-bond acceptors (Lipinski definition) is 6. The van der Waals surface area contributed by atoms with Gasteiger partial charge in [0, 0.05) is 12.2 Å². The molecule has 0 unspecified atom stereocenters. The normalized spacial score (nSPS) is 11.4. The van der Waals surface area contributed by atoms with Gasteiger partial charge in [0.25, 0.3) is 0 Å². The van der Waals surface area contributed by atoms with E-state index in [0.29, 0.717) is 18.9 Å². The van der Waals surface area contributed by atoms with Crippen molar-refractivity contribution >= 4 is 15.7 Å². The van der Waals surface area contributed by atoms with Gasteiger partial charge in [-0.3, -0.25) is 0 Å². The van der Waals surface area contributed by atoms with Gasteiger partial charge in [-0.15, -0.1) is 10.2 Å². The molecule has 0 atom stereocenters. The van der Waals surface area contributed by atoms with Crippen LogP contribution in [0, 0.1) is 0 Å². The molecule has 2 rings (SSSR count). The summed E-state index contributed by atoms with van der Waals surface area (Å²) in [6.45, 7) is 2.51. The fourth-order valence-electron chi connectivity index (χ4n) is 1.46. The molecule has 2 aromatic rings. The first-order valence-electron chi connectivity index (χ1n) is 5.68. The molecule has 3 N–H and O–H groups in total. The molecule has 9 heteroatoms. The molecule has 1 aromatic heterocycles. The number of nitrogens with zero attached hydrogens (tertiary/aromatic N) is 3. The summed E-state index contributed by atoms with van der Waals surface area (Å²) in [6.07, 6.45) is 0. The van der Waals surface area contributed by atoms with Crippen LogP contribution in [-0.4, -0.2) is 35.6 Å². The lowest BCUT2D eigenvalue weighted by molar-refractivity contribution is 0.584. The molecule has 0 radical (unpaired) electrons. The van der Waals surface area contributed by atoms with E-state index in [1.165, 1.54) is 12.1 Å². The van der Waals surface area contributed by atoms with E-state index in [1.54, 1.807) is 19.1 Å². The van der Waals surface area contributed by atoms with E-state index in [4.69, 9.17) is 0 Å². The molecule has 1 heterocycles. The van der Waals surface area contributed by atoms with Crippen molar-refractivity contribution in [2.75, 3.05) is 11.9 Å². The van der Waals surface area contributed by atoms with Crippen molar-refractivity contribution in [1.29, 1.82) is 0 Å². The predicted octanol–water partition coefficient (Wildman–Crippen LogP) is 0.110. The first-order chi connectivity index (χ1) is 9.12. The third-order valence-electron chi connectivity index (χ3n) is 2.34. The number of nitrogens with one attached hydrogen (secondary N) is 3. The van der Waals surface area contributed by atoms with Crippen LogP contribution in [0.25, 0.3) is 0 Å². The van der Waals surface area contributed by atoms with Crippen LogP contribution in [0.2, 0.25) is 0 Å². The fraction of sp³-hybridized carbons (Fsp3) is 0.300. The Balaban J connectivity index is 2.02. The van der Waals surface area contributed by atoms with Crippen LogP contribution in [0.4, 0.5) is 5.69 Å². The molecule has 1 aromatic carbocycles. The minimum Gasteiger partial charge on any atom is -0.378 e. The summed E-state index contributed by atoms with van der Waals surface area (Å²) in [4.78, 5) is 0.236. The van der Waals surface area contributed by atoms with Gasteiger partial charge in [0.2, 0.25) is 10.0 Å². The molecule has 0 fully saturated rings. The van der Waals surface area contributed by atoms with Crippen LogP contribution < -0.4 is 10.0 Å². The van der Waals surface area contributed by atoms with Crippen LogP contribution in [0.15, 0.2) is 29.2 Å². The molecule has 0 saturated heterocycles. The summed E-state index contributed by atoms with van der Waals surface area (Å²) < 4.78 is 25.9. The monoisotopic (exact) mass is 282 g/mol. The largest absolute Gasteiger partial charge is 0.378 e. The SMILES string of the molecule is CCNS(=O)(=O)c1ccc(NCc2nn[nH]n2)cc1. The second-order valence-corrected chi connectivity index (χ2v) is 5.47. The van der Waals surface area contributed by atoms with Crippen LogP contribution >= 0.6 is 0 Å². The number of hydrogen-bond donors (Lipinski definition) is 3. The molecular formula is C10H14N6O2S. The Hall–Kier alpha value is -2.00. The van der Waals surface area contributed by atoms with Crippen molar-refractivity contribution < 1.29 is 8.42 Å². The topological polar surface area (TPSA) is 113 Å². The first kappa shape index (κ1) is 13.4. The third kappa shape index (κ3) is 3.48. The van der Waals surface area contributed by atoms with Crippen LogP contribution in [0.3, 0.4) is 0 Å². The molecule has 0 aliphatic rings. The van der Waals surface area contributed by atoms with E-state index in [2.05, 4.69) is 30.7 Å². The predicted molar refractivity (Wildman–Crippen MR) is 68.8 cm³/mol. The number of rotatable bonds is 6. The highest BCUT2D eigenvalue weighted by Gasteiger charge is 2.11. The average Bonchev–Trinajstić information content (AvgIpc) is 2.90. The van der Waals surface area contributed by atoms with Crippen molar-refractivity contribution in [3.05, 3.63) is 30.1 Å². The number of sulfonamides is 1. The van der Waals surface area contributed by atoms with E-state index >= 15 is 0 Å². The number of H-pyrrole nitrogens is 1. The van der Waals surface area contributed by atoms with E-state index < -0.39 is 10.0 Å². The zero-order valence-electron chi connectivity index (χ0n) is 10.3. The Bertz CT molecular complexity index is 608. The van der Waals surface area contributed by atoms with Crippen molar-refractivity contribution in [2.24, 2.45) is 0 Å². The Morgan fingerprint density at radius 2 is 2.00 bits per heavy atom. The standard InChI is InChI=1S/C10H14N6O2S/c1-2-12-19(17,18)9-5-3-8(4-6-9)11-7-10-13-15-16-14-10/h3-6,11-12H,2,7H2,1H3,(H,13,14,15,16).